The van der Waals surface area contributed by atoms with Crippen LogP contribution < -0.4 is 4.74 Å². The Morgan fingerprint density at radius 1 is 1.30 bits per heavy atom. The topological polar surface area (TPSA) is 35.0 Å². The highest BCUT2D eigenvalue weighted by molar-refractivity contribution is 4.96. The average molecular weight is 136 g/mol. The van der Waals surface area contributed by atoms with E-state index in [9.17, 15) is 0 Å². The molecule has 0 radical (unpaired) electrons. The molecular weight excluding hydrogens is 128 g/mol. The summed E-state index contributed by atoms with van der Waals surface area (Å²) in [6.07, 6.45) is 6.06. The largest absolute Gasteiger partial charge is 0.460 e. The Labute approximate surface area is 59.1 Å². The molecule has 3 heteroatoms. The van der Waals surface area contributed by atoms with Crippen LogP contribution in [-0.4, -0.2) is 16.1 Å². The quantitative estimate of drug-likeness (QED) is 0.608. The molecule has 52 valence electrons. The number of nitrogens with zero attached hydrogens (tertiary/aromatic N) is 2. The summed E-state index contributed by atoms with van der Waals surface area (Å²) in [5, 5.41) is 0. The highest BCUT2D eigenvalue weighted by Gasteiger charge is 2.24. The second-order valence-electron chi connectivity index (χ2n) is 2.35. The molecule has 1 aliphatic rings. The zero-order chi connectivity index (χ0) is 6.81. The Hall–Kier alpha value is -1.12. The molecule has 10 heavy (non-hydrogen) atoms. The summed E-state index contributed by atoms with van der Waals surface area (Å²) in [7, 11) is 0. The molecular formula is C7H8N2O. The normalized spacial score (nSPS) is 16.8. The van der Waals surface area contributed by atoms with Gasteiger partial charge in [0.15, 0.2) is 0 Å². The maximum atomic E-state index is 5.30. The van der Waals surface area contributed by atoms with Crippen LogP contribution in [0.5, 0.6) is 6.01 Å². The summed E-state index contributed by atoms with van der Waals surface area (Å²) in [6.45, 7) is 0. The number of rotatable bonds is 2. The van der Waals surface area contributed by atoms with Crippen LogP contribution in [0.2, 0.25) is 0 Å². The Morgan fingerprint density at radius 3 is 2.60 bits per heavy atom. The predicted molar refractivity (Wildman–Crippen MR) is 35.7 cm³/mol. The summed E-state index contributed by atoms with van der Waals surface area (Å²) < 4.78 is 5.30. The zero-order valence-electron chi connectivity index (χ0n) is 5.53. The van der Waals surface area contributed by atoms with Crippen molar-refractivity contribution in [2.75, 3.05) is 0 Å². The summed E-state index contributed by atoms with van der Waals surface area (Å²) in [4.78, 5) is 7.85. The molecule has 0 aliphatic heterocycles. The smallest absolute Gasteiger partial charge is 0.316 e. The molecule has 1 heterocycles. The minimum absolute atomic E-state index is 0.391. The highest BCUT2D eigenvalue weighted by atomic mass is 16.5. The van der Waals surface area contributed by atoms with Crippen molar-refractivity contribution in [1.29, 1.82) is 0 Å². The van der Waals surface area contributed by atoms with Gasteiger partial charge in [-0.2, -0.15) is 0 Å². The van der Waals surface area contributed by atoms with Crippen molar-refractivity contribution in [3.8, 4) is 6.01 Å². The van der Waals surface area contributed by atoms with E-state index in [1.165, 1.54) is 0 Å². The van der Waals surface area contributed by atoms with Crippen LogP contribution >= 0.6 is 0 Å². The number of hydrogen-bond acceptors (Lipinski definition) is 3. The van der Waals surface area contributed by atoms with Crippen molar-refractivity contribution < 1.29 is 4.74 Å². The molecule has 0 spiro atoms. The van der Waals surface area contributed by atoms with E-state index in [2.05, 4.69) is 9.97 Å². The maximum Gasteiger partial charge on any atom is 0.316 e. The first-order valence-corrected chi connectivity index (χ1v) is 3.39. The van der Waals surface area contributed by atoms with Crippen molar-refractivity contribution in [2.24, 2.45) is 0 Å². The minimum atomic E-state index is 0.391. The molecule has 0 saturated heterocycles. The third-order valence-corrected chi connectivity index (χ3v) is 1.34. The van der Waals surface area contributed by atoms with Gasteiger partial charge in [-0.15, -0.1) is 0 Å². The van der Waals surface area contributed by atoms with E-state index in [0.29, 0.717) is 12.1 Å². The van der Waals surface area contributed by atoms with Crippen molar-refractivity contribution in [3.05, 3.63) is 18.5 Å². The molecule has 0 N–H and O–H groups in total. The molecule has 0 atom stereocenters. The van der Waals surface area contributed by atoms with E-state index in [4.69, 9.17) is 4.74 Å². The fourth-order valence-electron chi connectivity index (χ4n) is 0.681. The standard InChI is InChI=1S/C7H8N2O/c1-4-8-7(9-5-1)10-6-2-3-6/h1,4-6H,2-3H2. The van der Waals surface area contributed by atoms with Crippen LogP contribution in [0.15, 0.2) is 18.5 Å². The predicted octanol–water partition coefficient (Wildman–Crippen LogP) is 1.02. The van der Waals surface area contributed by atoms with Crippen LogP contribution in [0.4, 0.5) is 0 Å². The Morgan fingerprint density at radius 2 is 2.00 bits per heavy atom. The van der Waals surface area contributed by atoms with Crippen molar-refractivity contribution in [1.82, 2.24) is 9.97 Å². The number of ether oxygens (including phenoxy) is 1. The van der Waals surface area contributed by atoms with Gasteiger partial charge in [0.25, 0.3) is 0 Å². The Balaban J connectivity index is 2.03. The molecule has 0 bridgehead atoms. The van der Waals surface area contributed by atoms with E-state index in [0.717, 1.165) is 12.8 Å². The van der Waals surface area contributed by atoms with E-state index >= 15 is 0 Å². The van der Waals surface area contributed by atoms with Gasteiger partial charge in [-0.05, 0) is 18.9 Å². The van der Waals surface area contributed by atoms with E-state index in [1.807, 2.05) is 0 Å². The fraction of sp³-hybridized carbons (Fsp3) is 0.429. The summed E-state index contributed by atoms with van der Waals surface area (Å²) in [5.41, 5.74) is 0. The molecule has 0 amide bonds. The van der Waals surface area contributed by atoms with Gasteiger partial charge in [-0.3, -0.25) is 0 Å². The van der Waals surface area contributed by atoms with Gasteiger partial charge in [0.2, 0.25) is 0 Å². The number of hydrogen-bond donors (Lipinski definition) is 0. The van der Waals surface area contributed by atoms with Gasteiger partial charge >= 0.3 is 6.01 Å². The molecule has 0 unspecified atom stereocenters. The van der Waals surface area contributed by atoms with Crippen molar-refractivity contribution in [2.45, 2.75) is 18.9 Å². The summed E-state index contributed by atoms with van der Waals surface area (Å²) >= 11 is 0. The molecule has 1 saturated carbocycles. The van der Waals surface area contributed by atoms with Gasteiger partial charge in [0.1, 0.15) is 6.10 Å². The lowest BCUT2D eigenvalue weighted by Gasteiger charge is -1.98. The van der Waals surface area contributed by atoms with E-state index in [1.54, 1.807) is 18.5 Å². The summed E-state index contributed by atoms with van der Waals surface area (Å²) in [5.74, 6) is 0. The zero-order valence-corrected chi connectivity index (χ0v) is 5.53. The minimum Gasteiger partial charge on any atom is -0.460 e. The first-order valence-electron chi connectivity index (χ1n) is 3.39. The third-order valence-electron chi connectivity index (χ3n) is 1.34. The summed E-state index contributed by atoms with van der Waals surface area (Å²) in [6, 6.07) is 2.28. The van der Waals surface area contributed by atoms with Gasteiger partial charge in [-0.1, -0.05) is 0 Å². The van der Waals surface area contributed by atoms with Crippen LogP contribution in [-0.2, 0) is 0 Å². The van der Waals surface area contributed by atoms with Crippen LogP contribution in [0, 0.1) is 0 Å². The average Bonchev–Trinajstić information content (AvgIpc) is 2.74. The SMILES string of the molecule is c1cnc(OC2CC2)nc1. The van der Waals surface area contributed by atoms with Gasteiger partial charge < -0.3 is 4.74 Å². The second-order valence-corrected chi connectivity index (χ2v) is 2.35. The van der Waals surface area contributed by atoms with Gasteiger partial charge in [-0.25, -0.2) is 9.97 Å². The van der Waals surface area contributed by atoms with Crippen molar-refractivity contribution >= 4 is 0 Å². The lowest BCUT2D eigenvalue weighted by atomic mass is 10.7. The van der Waals surface area contributed by atoms with E-state index in [-0.39, 0.29) is 0 Å². The van der Waals surface area contributed by atoms with Crippen LogP contribution in [0.25, 0.3) is 0 Å². The highest BCUT2D eigenvalue weighted by Crippen LogP contribution is 2.23. The molecule has 1 aromatic heterocycles. The van der Waals surface area contributed by atoms with Crippen LogP contribution in [0.1, 0.15) is 12.8 Å². The lowest BCUT2D eigenvalue weighted by molar-refractivity contribution is 0.278. The van der Waals surface area contributed by atoms with Crippen molar-refractivity contribution in [3.63, 3.8) is 0 Å². The molecule has 1 aromatic rings. The first kappa shape index (κ1) is 5.65. The van der Waals surface area contributed by atoms with E-state index < -0.39 is 0 Å². The lowest BCUT2D eigenvalue weighted by Crippen LogP contribution is -1.99. The molecule has 0 aromatic carbocycles. The van der Waals surface area contributed by atoms with Gasteiger partial charge in [0.05, 0.1) is 0 Å². The Kier molecular flexibility index (Phi) is 1.27. The maximum absolute atomic E-state index is 5.30. The Bertz CT molecular complexity index is 208. The third kappa shape index (κ3) is 1.23. The molecule has 1 aliphatic carbocycles. The fourth-order valence-corrected chi connectivity index (χ4v) is 0.681. The van der Waals surface area contributed by atoms with Gasteiger partial charge in [0, 0.05) is 12.4 Å². The number of aromatic nitrogens is 2. The first-order chi connectivity index (χ1) is 4.95. The molecule has 3 nitrogen and oxygen atoms in total. The molecule has 1 fully saturated rings. The second kappa shape index (κ2) is 2.25. The monoisotopic (exact) mass is 136 g/mol. The molecule has 2 rings (SSSR count). The van der Waals surface area contributed by atoms with Crippen LogP contribution in [0.3, 0.4) is 0 Å².